The number of benzene rings is 2. The number of rotatable bonds is 5. The topological polar surface area (TPSA) is 76.7 Å². The van der Waals surface area contributed by atoms with Gasteiger partial charge in [0.15, 0.2) is 11.5 Å². The minimum Gasteiger partial charge on any atom is -0.486 e. The molecular formula is C21H20N2O4. The molecule has 1 aliphatic heterocycles. The lowest BCUT2D eigenvalue weighted by Crippen LogP contribution is -2.15. The van der Waals surface area contributed by atoms with Crippen molar-refractivity contribution in [1.82, 2.24) is 0 Å². The van der Waals surface area contributed by atoms with E-state index < -0.39 is 0 Å². The molecule has 27 heavy (non-hydrogen) atoms. The SMILES string of the molecule is O=C(/C=C/c1ccc2c(c1)OCCO2)Nc1cccc(NC(=O)C2CC2)c1. The highest BCUT2D eigenvalue weighted by Gasteiger charge is 2.29. The summed E-state index contributed by atoms with van der Waals surface area (Å²) in [7, 11) is 0. The van der Waals surface area contributed by atoms with E-state index in [9.17, 15) is 9.59 Å². The van der Waals surface area contributed by atoms with Gasteiger partial charge in [0.1, 0.15) is 13.2 Å². The second-order valence-electron chi connectivity index (χ2n) is 6.57. The van der Waals surface area contributed by atoms with Crippen molar-refractivity contribution in [3.8, 4) is 11.5 Å². The van der Waals surface area contributed by atoms with Crippen molar-refractivity contribution < 1.29 is 19.1 Å². The standard InChI is InChI=1S/C21H20N2O4/c24-20(9-5-14-4-8-18-19(12-14)27-11-10-26-18)22-16-2-1-3-17(13-16)23-21(25)15-6-7-15/h1-5,8-9,12-13,15H,6-7,10-11H2,(H,22,24)(H,23,25)/b9-5+. The molecule has 0 unspecified atom stereocenters. The van der Waals surface area contributed by atoms with Crippen LogP contribution in [0.4, 0.5) is 11.4 Å². The molecule has 0 bridgehead atoms. The molecule has 2 aromatic carbocycles. The summed E-state index contributed by atoms with van der Waals surface area (Å²) in [6, 6.07) is 12.7. The summed E-state index contributed by atoms with van der Waals surface area (Å²) < 4.78 is 11.0. The van der Waals surface area contributed by atoms with E-state index in [0.717, 1.165) is 18.4 Å². The van der Waals surface area contributed by atoms with Crippen LogP contribution >= 0.6 is 0 Å². The minimum atomic E-state index is -0.254. The van der Waals surface area contributed by atoms with E-state index in [4.69, 9.17) is 9.47 Å². The normalized spacial score (nSPS) is 15.4. The van der Waals surface area contributed by atoms with Crippen molar-refractivity contribution in [3.05, 3.63) is 54.1 Å². The molecule has 4 rings (SSSR count). The summed E-state index contributed by atoms with van der Waals surface area (Å²) in [5.74, 6) is 1.32. The molecule has 2 amide bonds. The third-order valence-corrected chi connectivity index (χ3v) is 4.34. The Morgan fingerprint density at radius 3 is 2.44 bits per heavy atom. The van der Waals surface area contributed by atoms with Gasteiger partial charge in [-0.05, 0) is 54.8 Å². The summed E-state index contributed by atoms with van der Waals surface area (Å²) >= 11 is 0. The summed E-state index contributed by atoms with van der Waals surface area (Å²) in [5, 5.41) is 5.67. The van der Waals surface area contributed by atoms with Gasteiger partial charge in [0.05, 0.1) is 0 Å². The largest absolute Gasteiger partial charge is 0.486 e. The summed E-state index contributed by atoms with van der Waals surface area (Å²) in [4.78, 5) is 24.0. The Morgan fingerprint density at radius 2 is 1.67 bits per heavy atom. The van der Waals surface area contributed by atoms with E-state index in [1.54, 1.807) is 30.3 Å². The van der Waals surface area contributed by atoms with E-state index in [-0.39, 0.29) is 17.7 Å². The predicted octanol–water partition coefficient (Wildman–Crippen LogP) is 3.46. The maximum Gasteiger partial charge on any atom is 0.248 e. The van der Waals surface area contributed by atoms with Gasteiger partial charge in [-0.15, -0.1) is 0 Å². The van der Waals surface area contributed by atoms with Crippen molar-refractivity contribution in [2.24, 2.45) is 5.92 Å². The van der Waals surface area contributed by atoms with Crippen LogP contribution in [0.15, 0.2) is 48.5 Å². The summed E-state index contributed by atoms with van der Waals surface area (Å²) in [5.41, 5.74) is 2.15. The van der Waals surface area contributed by atoms with E-state index in [1.165, 1.54) is 6.08 Å². The molecule has 1 fully saturated rings. The molecule has 0 saturated heterocycles. The van der Waals surface area contributed by atoms with Crippen molar-refractivity contribution in [3.63, 3.8) is 0 Å². The predicted molar refractivity (Wildman–Crippen MR) is 103 cm³/mol. The Bertz CT molecular complexity index is 903. The highest BCUT2D eigenvalue weighted by molar-refractivity contribution is 6.02. The number of nitrogens with one attached hydrogen (secondary N) is 2. The van der Waals surface area contributed by atoms with Crippen molar-refractivity contribution in [2.45, 2.75) is 12.8 Å². The molecular weight excluding hydrogens is 344 g/mol. The molecule has 1 saturated carbocycles. The van der Waals surface area contributed by atoms with E-state index in [0.29, 0.717) is 36.1 Å². The van der Waals surface area contributed by atoms with Crippen LogP contribution < -0.4 is 20.1 Å². The van der Waals surface area contributed by atoms with Crippen molar-refractivity contribution in [1.29, 1.82) is 0 Å². The van der Waals surface area contributed by atoms with Gasteiger partial charge in [0.2, 0.25) is 11.8 Å². The van der Waals surface area contributed by atoms with Crippen LogP contribution in [-0.4, -0.2) is 25.0 Å². The molecule has 2 N–H and O–H groups in total. The van der Waals surface area contributed by atoms with Crippen LogP contribution in [0, 0.1) is 5.92 Å². The Kier molecular flexibility index (Phi) is 4.78. The smallest absolute Gasteiger partial charge is 0.248 e. The highest BCUT2D eigenvalue weighted by atomic mass is 16.6. The van der Waals surface area contributed by atoms with Crippen LogP contribution in [0.3, 0.4) is 0 Å². The number of hydrogen-bond acceptors (Lipinski definition) is 4. The molecule has 6 heteroatoms. The summed E-state index contributed by atoms with van der Waals surface area (Å²) in [6.45, 7) is 1.07. The first-order valence-electron chi connectivity index (χ1n) is 8.97. The number of fused-ring (bicyclic) bond motifs is 1. The van der Waals surface area contributed by atoms with Gasteiger partial charge < -0.3 is 20.1 Å². The third-order valence-electron chi connectivity index (χ3n) is 4.34. The van der Waals surface area contributed by atoms with Gasteiger partial charge in [-0.25, -0.2) is 0 Å². The Balaban J connectivity index is 1.37. The fraction of sp³-hybridized carbons (Fsp3) is 0.238. The zero-order valence-electron chi connectivity index (χ0n) is 14.7. The zero-order valence-corrected chi connectivity index (χ0v) is 14.7. The first-order chi connectivity index (χ1) is 13.2. The quantitative estimate of drug-likeness (QED) is 0.797. The number of anilines is 2. The number of hydrogen-bond donors (Lipinski definition) is 2. The average molecular weight is 364 g/mol. The molecule has 2 aromatic rings. The number of carbonyl (C=O) groups excluding carboxylic acids is 2. The van der Waals surface area contributed by atoms with Gasteiger partial charge >= 0.3 is 0 Å². The second-order valence-corrected chi connectivity index (χ2v) is 6.57. The van der Waals surface area contributed by atoms with Crippen LogP contribution in [-0.2, 0) is 9.59 Å². The maximum absolute atomic E-state index is 12.2. The van der Waals surface area contributed by atoms with Crippen molar-refractivity contribution >= 4 is 29.3 Å². The highest BCUT2D eigenvalue weighted by Crippen LogP contribution is 2.31. The first kappa shape index (κ1) is 17.1. The second kappa shape index (κ2) is 7.53. The Labute approximate surface area is 157 Å². The lowest BCUT2D eigenvalue weighted by Gasteiger charge is -2.18. The van der Waals surface area contributed by atoms with Crippen LogP contribution in [0.2, 0.25) is 0 Å². The fourth-order valence-electron chi connectivity index (χ4n) is 2.78. The van der Waals surface area contributed by atoms with Gasteiger partial charge in [0, 0.05) is 23.4 Å². The van der Waals surface area contributed by atoms with E-state index >= 15 is 0 Å². The molecule has 0 radical (unpaired) electrons. The molecule has 2 aliphatic rings. The molecule has 138 valence electrons. The molecule has 0 aromatic heterocycles. The van der Waals surface area contributed by atoms with Gasteiger partial charge in [-0.2, -0.15) is 0 Å². The van der Waals surface area contributed by atoms with Crippen LogP contribution in [0.25, 0.3) is 6.08 Å². The van der Waals surface area contributed by atoms with Gasteiger partial charge in [0.25, 0.3) is 0 Å². The first-order valence-corrected chi connectivity index (χ1v) is 8.97. The fourth-order valence-corrected chi connectivity index (χ4v) is 2.78. The Morgan fingerprint density at radius 1 is 0.926 bits per heavy atom. The molecule has 0 spiro atoms. The lowest BCUT2D eigenvalue weighted by atomic mass is 10.2. The number of carbonyl (C=O) groups is 2. The molecule has 6 nitrogen and oxygen atoms in total. The van der Waals surface area contributed by atoms with Gasteiger partial charge in [-0.1, -0.05) is 12.1 Å². The maximum atomic E-state index is 12.2. The zero-order chi connectivity index (χ0) is 18.6. The van der Waals surface area contributed by atoms with Crippen LogP contribution in [0.1, 0.15) is 18.4 Å². The Hall–Kier alpha value is -3.28. The minimum absolute atomic E-state index is 0.0389. The van der Waals surface area contributed by atoms with Gasteiger partial charge in [-0.3, -0.25) is 9.59 Å². The van der Waals surface area contributed by atoms with E-state index in [2.05, 4.69) is 10.6 Å². The lowest BCUT2D eigenvalue weighted by molar-refractivity contribution is -0.117. The van der Waals surface area contributed by atoms with Crippen LogP contribution in [0.5, 0.6) is 11.5 Å². The molecule has 1 heterocycles. The van der Waals surface area contributed by atoms with E-state index in [1.807, 2.05) is 18.2 Å². The summed E-state index contributed by atoms with van der Waals surface area (Å²) in [6.07, 6.45) is 5.08. The number of amides is 2. The monoisotopic (exact) mass is 364 g/mol. The molecule has 0 atom stereocenters. The third kappa shape index (κ3) is 4.47. The molecule has 1 aliphatic carbocycles. The number of ether oxygens (including phenoxy) is 2. The van der Waals surface area contributed by atoms with Crippen molar-refractivity contribution in [2.75, 3.05) is 23.8 Å². The average Bonchev–Trinajstić information content (AvgIpc) is 3.52.